The van der Waals surface area contributed by atoms with E-state index in [1.807, 2.05) is 6.92 Å². The fourth-order valence-corrected chi connectivity index (χ4v) is 3.24. The van der Waals surface area contributed by atoms with Crippen molar-refractivity contribution in [2.24, 2.45) is 11.3 Å². The molecule has 1 aliphatic rings. The van der Waals surface area contributed by atoms with Crippen molar-refractivity contribution in [2.45, 2.75) is 45.2 Å². The van der Waals surface area contributed by atoms with Crippen molar-refractivity contribution >= 4 is 16.1 Å². The molecule has 1 fully saturated rings. The van der Waals surface area contributed by atoms with E-state index < -0.39 is 21.8 Å². The van der Waals surface area contributed by atoms with Crippen LogP contribution >= 0.6 is 0 Å². The van der Waals surface area contributed by atoms with Gasteiger partial charge in [-0.3, -0.25) is 14.3 Å². The summed E-state index contributed by atoms with van der Waals surface area (Å²) < 4.78 is 35.1. The van der Waals surface area contributed by atoms with Crippen LogP contribution in [-0.4, -0.2) is 33.8 Å². The maximum absolute atomic E-state index is 12.2. The fourth-order valence-electron chi connectivity index (χ4n) is 2.28. The molecule has 0 radical (unpaired) electrons. The molecule has 1 N–H and O–H groups in total. The number of carbonyl (C=O) groups excluding carboxylic acids is 1. The summed E-state index contributed by atoms with van der Waals surface area (Å²) in [6.07, 6.45) is 0.163. The minimum atomic E-state index is -3.81. The van der Waals surface area contributed by atoms with Crippen LogP contribution in [0.15, 0.2) is 29.2 Å². The van der Waals surface area contributed by atoms with Crippen LogP contribution < -0.4 is 5.32 Å². The molecule has 0 aromatic heterocycles. The van der Waals surface area contributed by atoms with Gasteiger partial charge in [0, 0.05) is 5.92 Å². The van der Waals surface area contributed by atoms with Gasteiger partial charge in [-0.05, 0) is 52.8 Å². The summed E-state index contributed by atoms with van der Waals surface area (Å²) in [6.45, 7) is 7.84. The Hall–Kier alpha value is -1.44. The maximum atomic E-state index is 12.2. The summed E-state index contributed by atoms with van der Waals surface area (Å²) in [5.74, 6) is -0.523. The molecule has 0 spiro atoms. The van der Waals surface area contributed by atoms with E-state index in [0.717, 1.165) is 5.56 Å². The van der Waals surface area contributed by atoms with Crippen LogP contribution in [0.1, 0.15) is 32.8 Å². The first kappa shape index (κ1) is 18.9. The summed E-state index contributed by atoms with van der Waals surface area (Å²) in [5.41, 5.74) is 0.368. The van der Waals surface area contributed by atoms with Crippen molar-refractivity contribution in [3.8, 4) is 0 Å². The highest BCUT2D eigenvalue weighted by atomic mass is 32.2. The van der Waals surface area contributed by atoms with E-state index in [4.69, 9.17) is 8.92 Å². The third kappa shape index (κ3) is 4.78. The van der Waals surface area contributed by atoms with Gasteiger partial charge in [-0.25, -0.2) is 0 Å². The van der Waals surface area contributed by atoms with Crippen molar-refractivity contribution in [3.05, 3.63) is 29.8 Å². The Morgan fingerprint density at radius 2 is 1.88 bits per heavy atom. The predicted octanol–water partition coefficient (Wildman–Crippen LogP) is 2.23. The average Bonchev–Trinajstić information content (AvgIpc) is 2.92. The summed E-state index contributed by atoms with van der Waals surface area (Å²) in [6, 6.07) is 6.49. The molecule has 0 bridgehead atoms. The molecule has 1 aromatic rings. The molecule has 1 saturated heterocycles. The van der Waals surface area contributed by atoms with Crippen molar-refractivity contribution < 1.29 is 22.1 Å². The normalized spacial score (nSPS) is 21.7. The highest BCUT2D eigenvalue weighted by molar-refractivity contribution is 7.86. The first-order valence-electron chi connectivity index (χ1n) is 8.00. The lowest BCUT2D eigenvalue weighted by atomic mass is 9.97. The highest BCUT2D eigenvalue weighted by Gasteiger charge is 2.34. The number of benzene rings is 1. The summed E-state index contributed by atoms with van der Waals surface area (Å²) in [5, 5.41) is 3.08. The second-order valence-electron chi connectivity index (χ2n) is 7.13. The summed E-state index contributed by atoms with van der Waals surface area (Å²) in [7, 11) is -3.81. The van der Waals surface area contributed by atoms with Gasteiger partial charge in [0.25, 0.3) is 10.1 Å². The Labute approximate surface area is 143 Å². The predicted molar refractivity (Wildman–Crippen MR) is 89.8 cm³/mol. The molecule has 0 aliphatic carbocycles. The van der Waals surface area contributed by atoms with Crippen LogP contribution in [-0.2, 0) is 23.8 Å². The number of rotatable bonds is 5. The van der Waals surface area contributed by atoms with E-state index in [-0.39, 0.29) is 23.4 Å². The second kappa shape index (κ2) is 7.21. The van der Waals surface area contributed by atoms with Gasteiger partial charge in [0.1, 0.15) is 0 Å². The third-order valence-corrected chi connectivity index (χ3v) is 5.18. The van der Waals surface area contributed by atoms with Crippen LogP contribution in [0.4, 0.5) is 0 Å². The second-order valence-corrected chi connectivity index (χ2v) is 8.75. The molecule has 0 saturated carbocycles. The Bertz CT molecular complexity index is 676. The zero-order valence-corrected chi connectivity index (χ0v) is 15.4. The molecule has 134 valence electrons. The van der Waals surface area contributed by atoms with E-state index in [1.165, 1.54) is 12.1 Å². The molecule has 0 unspecified atom stereocenters. The van der Waals surface area contributed by atoms with Crippen molar-refractivity contribution in [3.63, 3.8) is 0 Å². The zero-order valence-electron chi connectivity index (χ0n) is 14.5. The van der Waals surface area contributed by atoms with E-state index in [2.05, 4.69) is 5.32 Å². The van der Waals surface area contributed by atoms with Crippen LogP contribution in [0.5, 0.6) is 0 Å². The minimum Gasteiger partial charge on any atom is -0.446 e. The van der Waals surface area contributed by atoms with E-state index >= 15 is 0 Å². The lowest BCUT2D eigenvalue weighted by molar-refractivity contribution is -0.162. The standard InChI is InChI=1S/C17H25NO5S/c1-12-5-7-14(8-6-12)24(20,21)22-11-13-9-10-18-15(13)23-16(19)17(2,3)4/h5-8,13,15,18H,9-11H2,1-4H3/t13-,15-/m1/s1. The van der Waals surface area contributed by atoms with Gasteiger partial charge in [-0.15, -0.1) is 0 Å². The topological polar surface area (TPSA) is 81.7 Å². The van der Waals surface area contributed by atoms with Crippen molar-refractivity contribution in [2.75, 3.05) is 13.2 Å². The number of ether oxygens (including phenoxy) is 1. The van der Waals surface area contributed by atoms with Gasteiger partial charge in [0.15, 0.2) is 6.23 Å². The van der Waals surface area contributed by atoms with Crippen LogP contribution in [0, 0.1) is 18.3 Å². The first-order chi connectivity index (χ1) is 11.1. The molecule has 0 amide bonds. The summed E-state index contributed by atoms with van der Waals surface area (Å²) >= 11 is 0. The quantitative estimate of drug-likeness (QED) is 0.644. The van der Waals surface area contributed by atoms with Gasteiger partial charge in [-0.2, -0.15) is 8.42 Å². The Balaban J connectivity index is 1.97. The van der Waals surface area contributed by atoms with E-state index in [1.54, 1.807) is 32.9 Å². The molecular weight excluding hydrogens is 330 g/mol. The first-order valence-corrected chi connectivity index (χ1v) is 9.41. The number of nitrogens with one attached hydrogen (secondary N) is 1. The molecule has 2 atom stereocenters. The van der Waals surface area contributed by atoms with Gasteiger partial charge >= 0.3 is 5.97 Å². The van der Waals surface area contributed by atoms with E-state index in [9.17, 15) is 13.2 Å². The molecule has 1 heterocycles. The van der Waals surface area contributed by atoms with Crippen molar-refractivity contribution in [1.82, 2.24) is 5.32 Å². The molecule has 24 heavy (non-hydrogen) atoms. The fraction of sp³-hybridized carbons (Fsp3) is 0.588. The molecule has 1 aliphatic heterocycles. The van der Waals surface area contributed by atoms with Gasteiger partial charge < -0.3 is 4.74 Å². The van der Waals surface area contributed by atoms with Gasteiger partial charge in [0.05, 0.1) is 16.9 Å². The third-order valence-electron chi connectivity index (χ3n) is 3.88. The largest absolute Gasteiger partial charge is 0.446 e. The molecule has 7 heteroatoms. The zero-order chi connectivity index (χ0) is 18.0. The number of carbonyl (C=O) groups is 1. The number of hydrogen-bond donors (Lipinski definition) is 1. The number of hydrogen-bond acceptors (Lipinski definition) is 6. The SMILES string of the molecule is Cc1ccc(S(=O)(=O)OC[C@H]2CCN[C@@H]2OC(=O)C(C)(C)C)cc1. The molecule has 2 rings (SSSR count). The smallest absolute Gasteiger partial charge is 0.312 e. The van der Waals surface area contributed by atoms with Gasteiger partial charge in [-0.1, -0.05) is 17.7 Å². The number of aryl methyl sites for hydroxylation is 1. The lowest BCUT2D eigenvalue weighted by Gasteiger charge is -2.24. The summed E-state index contributed by atoms with van der Waals surface area (Å²) in [4.78, 5) is 12.1. The molecular formula is C17H25NO5S. The molecule has 6 nitrogen and oxygen atoms in total. The highest BCUT2D eigenvalue weighted by Crippen LogP contribution is 2.24. The van der Waals surface area contributed by atoms with E-state index in [0.29, 0.717) is 13.0 Å². The van der Waals surface area contributed by atoms with Gasteiger partial charge in [0.2, 0.25) is 0 Å². The molecule has 1 aromatic carbocycles. The number of esters is 1. The minimum absolute atomic E-state index is 0.0225. The Morgan fingerprint density at radius 1 is 1.25 bits per heavy atom. The van der Waals surface area contributed by atoms with Crippen LogP contribution in [0.25, 0.3) is 0 Å². The van der Waals surface area contributed by atoms with Crippen molar-refractivity contribution in [1.29, 1.82) is 0 Å². The monoisotopic (exact) mass is 355 g/mol. The van der Waals surface area contributed by atoms with Crippen LogP contribution in [0.3, 0.4) is 0 Å². The Morgan fingerprint density at radius 3 is 2.46 bits per heavy atom. The average molecular weight is 355 g/mol. The van der Waals surface area contributed by atoms with Crippen LogP contribution in [0.2, 0.25) is 0 Å². The lowest BCUT2D eigenvalue weighted by Crippen LogP contribution is -2.38. The Kier molecular flexibility index (Phi) is 5.67. The maximum Gasteiger partial charge on any atom is 0.312 e.